The van der Waals surface area contributed by atoms with Crippen LogP contribution in [0.3, 0.4) is 0 Å². The molecule has 2 amide bonds. The number of nitrogens with zero attached hydrogens (tertiary/aromatic N) is 3. The Balaban J connectivity index is 1.36. The van der Waals surface area contributed by atoms with E-state index >= 15 is 0 Å². The molecule has 7 nitrogen and oxygen atoms in total. The SMILES string of the molecule is O=C(Nc1cnn(Cc2ccccc2)c1)c1ccc2cc3n(c2c1)CCNC3=O. The maximum absolute atomic E-state index is 12.7. The standard InChI is InChI=1S/C22H19N5O2/c28-21(25-18-12-24-26(14-18)13-15-4-2-1-3-5-15)17-7-6-16-10-20-22(29)23-8-9-27(20)19(16)11-17/h1-7,10-12,14H,8-9,13H2,(H,23,29)(H,25,28). The molecule has 5 rings (SSSR count). The van der Waals surface area contributed by atoms with Crippen LogP contribution >= 0.6 is 0 Å². The van der Waals surface area contributed by atoms with Gasteiger partial charge < -0.3 is 15.2 Å². The smallest absolute Gasteiger partial charge is 0.268 e. The molecule has 0 saturated heterocycles. The molecule has 144 valence electrons. The van der Waals surface area contributed by atoms with Crippen molar-refractivity contribution in [2.45, 2.75) is 13.1 Å². The lowest BCUT2D eigenvalue weighted by Gasteiger charge is -2.16. The predicted molar refractivity (Wildman–Crippen MR) is 110 cm³/mol. The van der Waals surface area contributed by atoms with Crippen LogP contribution in [-0.4, -0.2) is 32.7 Å². The first kappa shape index (κ1) is 17.2. The summed E-state index contributed by atoms with van der Waals surface area (Å²) < 4.78 is 3.75. The third-order valence-corrected chi connectivity index (χ3v) is 5.10. The quantitative estimate of drug-likeness (QED) is 0.567. The van der Waals surface area contributed by atoms with Crippen LogP contribution in [0.2, 0.25) is 0 Å². The van der Waals surface area contributed by atoms with Crippen molar-refractivity contribution in [3.8, 4) is 0 Å². The van der Waals surface area contributed by atoms with Gasteiger partial charge in [0.2, 0.25) is 0 Å². The van der Waals surface area contributed by atoms with E-state index < -0.39 is 0 Å². The molecule has 2 aromatic carbocycles. The largest absolute Gasteiger partial charge is 0.349 e. The number of benzene rings is 2. The molecule has 0 saturated carbocycles. The number of nitrogens with one attached hydrogen (secondary N) is 2. The number of amides is 2. The average molecular weight is 385 g/mol. The van der Waals surface area contributed by atoms with E-state index in [-0.39, 0.29) is 11.8 Å². The monoisotopic (exact) mass is 385 g/mol. The van der Waals surface area contributed by atoms with Gasteiger partial charge in [-0.05, 0) is 23.8 Å². The van der Waals surface area contributed by atoms with Crippen LogP contribution in [0.15, 0.2) is 67.0 Å². The minimum absolute atomic E-state index is 0.0794. The number of carbonyl (C=O) groups is 2. The van der Waals surface area contributed by atoms with Crippen LogP contribution in [0.5, 0.6) is 0 Å². The first-order valence-electron chi connectivity index (χ1n) is 9.46. The molecule has 4 aromatic rings. The van der Waals surface area contributed by atoms with Crippen molar-refractivity contribution >= 4 is 28.4 Å². The normalized spacial score (nSPS) is 13.2. The number of anilines is 1. The summed E-state index contributed by atoms with van der Waals surface area (Å²) in [5, 5.41) is 11.0. The Morgan fingerprint density at radius 1 is 1.14 bits per heavy atom. The Morgan fingerprint density at radius 2 is 2.00 bits per heavy atom. The topological polar surface area (TPSA) is 81.0 Å². The van der Waals surface area contributed by atoms with E-state index in [1.54, 1.807) is 16.9 Å². The molecule has 0 radical (unpaired) electrons. The van der Waals surface area contributed by atoms with Crippen molar-refractivity contribution in [2.75, 3.05) is 11.9 Å². The number of aromatic nitrogens is 3. The van der Waals surface area contributed by atoms with E-state index in [9.17, 15) is 9.59 Å². The lowest BCUT2D eigenvalue weighted by molar-refractivity contribution is 0.0928. The fourth-order valence-electron chi connectivity index (χ4n) is 3.68. The second-order valence-corrected chi connectivity index (χ2v) is 7.08. The molecule has 3 heterocycles. The number of hydrogen-bond acceptors (Lipinski definition) is 3. The zero-order valence-electron chi connectivity index (χ0n) is 15.6. The van der Waals surface area contributed by atoms with E-state index in [0.717, 1.165) is 16.5 Å². The van der Waals surface area contributed by atoms with E-state index in [1.165, 1.54) is 0 Å². The highest BCUT2D eigenvalue weighted by atomic mass is 16.2. The highest BCUT2D eigenvalue weighted by molar-refractivity contribution is 6.07. The van der Waals surface area contributed by atoms with Crippen molar-refractivity contribution in [1.29, 1.82) is 0 Å². The third kappa shape index (κ3) is 3.27. The maximum Gasteiger partial charge on any atom is 0.268 e. The molecule has 0 atom stereocenters. The molecule has 0 unspecified atom stereocenters. The zero-order valence-corrected chi connectivity index (χ0v) is 15.6. The highest BCUT2D eigenvalue weighted by Gasteiger charge is 2.20. The van der Waals surface area contributed by atoms with Crippen LogP contribution in [-0.2, 0) is 13.1 Å². The molecule has 7 heteroatoms. The molecule has 0 aliphatic carbocycles. The lowest BCUT2D eigenvalue weighted by Crippen LogP contribution is -2.34. The summed E-state index contributed by atoms with van der Waals surface area (Å²) in [6.07, 6.45) is 3.45. The second kappa shape index (κ2) is 6.94. The number of hydrogen-bond donors (Lipinski definition) is 2. The lowest BCUT2D eigenvalue weighted by atomic mass is 10.1. The van der Waals surface area contributed by atoms with Gasteiger partial charge >= 0.3 is 0 Å². The fourth-order valence-corrected chi connectivity index (χ4v) is 3.68. The van der Waals surface area contributed by atoms with Gasteiger partial charge in [0, 0.05) is 35.8 Å². The van der Waals surface area contributed by atoms with Crippen molar-refractivity contribution in [3.63, 3.8) is 0 Å². The summed E-state index contributed by atoms with van der Waals surface area (Å²) in [7, 11) is 0. The Hall–Kier alpha value is -3.87. The summed E-state index contributed by atoms with van der Waals surface area (Å²) in [5.74, 6) is -0.286. The molecular weight excluding hydrogens is 366 g/mol. The van der Waals surface area contributed by atoms with Crippen LogP contribution in [0, 0.1) is 0 Å². The van der Waals surface area contributed by atoms with Gasteiger partial charge in [-0.1, -0.05) is 36.4 Å². The van der Waals surface area contributed by atoms with Crippen LogP contribution in [0.25, 0.3) is 10.9 Å². The van der Waals surface area contributed by atoms with Gasteiger partial charge in [0.25, 0.3) is 11.8 Å². The van der Waals surface area contributed by atoms with Crippen molar-refractivity contribution in [3.05, 3.63) is 83.8 Å². The second-order valence-electron chi connectivity index (χ2n) is 7.08. The fraction of sp³-hybridized carbons (Fsp3) is 0.136. The number of fused-ring (bicyclic) bond motifs is 3. The third-order valence-electron chi connectivity index (χ3n) is 5.10. The average Bonchev–Trinajstić information content (AvgIpc) is 3.33. The van der Waals surface area contributed by atoms with Gasteiger partial charge in [0.15, 0.2) is 0 Å². The van der Waals surface area contributed by atoms with Crippen LogP contribution in [0.1, 0.15) is 26.4 Å². The summed E-state index contributed by atoms with van der Waals surface area (Å²) in [6, 6.07) is 17.4. The first-order valence-corrected chi connectivity index (χ1v) is 9.46. The number of carbonyl (C=O) groups excluding carboxylic acids is 2. The summed E-state index contributed by atoms with van der Waals surface area (Å²) in [5.41, 5.74) is 3.84. The Morgan fingerprint density at radius 3 is 2.86 bits per heavy atom. The molecular formula is C22H19N5O2. The molecule has 0 bridgehead atoms. The van der Waals surface area contributed by atoms with Gasteiger partial charge in [-0.3, -0.25) is 14.3 Å². The van der Waals surface area contributed by atoms with Gasteiger partial charge in [0.05, 0.1) is 18.4 Å². The summed E-state index contributed by atoms with van der Waals surface area (Å²) in [6.45, 7) is 1.93. The molecule has 0 spiro atoms. The first-order chi connectivity index (χ1) is 14.2. The Bertz CT molecular complexity index is 1220. The maximum atomic E-state index is 12.7. The van der Waals surface area contributed by atoms with Gasteiger partial charge in [0.1, 0.15) is 5.69 Å². The predicted octanol–water partition coefficient (Wildman–Crippen LogP) is 2.88. The van der Waals surface area contributed by atoms with Gasteiger partial charge in [-0.2, -0.15) is 5.10 Å². The minimum atomic E-state index is -0.207. The molecule has 0 fully saturated rings. The molecule has 2 aromatic heterocycles. The van der Waals surface area contributed by atoms with Crippen LogP contribution in [0.4, 0.5) is 5.69 Å². The van der Waals surface area contributed by atoms with Gasteiger partial charge in [-0.15, -0.1) is 0 Å². The van der Waals surface area contributed by atoms with Crippen molar-refractivity contribution < 1.29 is 9.59 Å². The van der Waals surface area contributed by atoms with E-state index in [4.69, 9.17) is 0 Å². The summed E-state index contributed by atoms with van der Waals surface area (Å²) in [4.78, 5) is 24.8. The molecule has 29 heavy (non-hydrogen) atoms. The van der Waals surface area contributed by atoms with E-state index in [1.807, 2.05) is 59.3 Å². The molecule has 1 aliphatic rings. The molecule has 1 aliphatic heterocycles. The van der Waals surface area contributed by atoms with Crippen molar-refractivity contribution in [2.24, 2.45) is 0 Å². The van der Waals surface area contributed by atoms with E-state index in [0.29, 0.717) is 36.6 Å². The minimum Gasteiger partial charge on any atom is -0.349 e. The highest BCUT2D eigenvalue weighted by Crippen LogP contribution is 2.23. The number of rotatable bonds is 4. The van der Waals surface area contributed by atoms with Gasteiger partial charge in [-0.25, -0.2) is 0 Å². The van der Waals surface area contributed by atoms with E-state index in [2.05, 4.69) is 15.7 Å². The van der Waals surface area contributed by atoms with Crippen molar-refractivity contribution in [1.82, 2.24) is 19.7 Å². The zero-order chi connectivity index (χ0) is 19.8. The Labute approximate surface area is 166 Å². The summed E-state index contributed by atoms with van der Waals surface area (Å²) >= 11 is 0. The van der Waals surface area contributed by atoms with Crippen LogP contribution < -0.4 is 10.6 Å². The molecule has 2 N–H and O–H groups in total. The Kier molecular flexibility index (Phi) is 4.13.